The van der Waals surface area contributed by atoms with E-state index in [0.717, 1.165) is 10.8 Å². The van der Waals surface area contributed by atoms with Gasteiger partial charge in [-0.1, -0.05) is 30.3 Å². The summed E-state index contributed by atoms with van der Waals surface area (Å²) in [6.07, 6.45) is -0.122. The minimum absolute atomic E-state index is 0.0300. The first-order valence-corrected chi connectivity index (χ1v) is 10.3. The van der Waals surface area contributed by atoms with Gasteiger partial charge in [-0.2, -0.15) is 0 Å². The highest BCUT2D eigenvalue weighted by Crippen LogP contribution is 2.16. The molecule has 1 fully saturated rings. The highest BCUT2D eigenvalue weighted by atomic mass is 16.6. The fourth-order valence-electron chi connectivity index (χ4n) is 3.34. The van der Waals surface area contributed by atoms with E-state index in [-0.39, 0.29) is 30.9 Å². The van der Waals surface area contributed by atoms with Crippen molar-refractivity contribution in [2.75, 3.05) is 32.7 Å². The molecule has 30 heavy (non-hydrogen) atoms. The van der Waals surface area contributed by atoms with E-state index < -0.39 is 5.60 Å². The number of hydrogen-bond acceptors (Lipinski definition) is 4. The molecule has 0 aliphatic carbocycles. The highest BCUT2D eigenvalue weighted by molar-refractivity contribution is 5.98. The molecule has 7 nitrogen and oxygen atoms in total. The molecule has 1 saturated heterocycles. The molecule has 0 saturated carbocycles. The van der Waals surface area contributed by atoms with Gasteiger partial charge in [0.05, 0.1) is 0 Å². The van der Waals surface area contributed by atoms with E-state index in [2.05, 4.69) is 5.32 Å². The predicted octanol–water partition coefficient (Wildman–Crippen LogP) is 3.04. The van der Waals surface area contributed by atoms with Gasteiger partial charge in [-0.05, 0) is 43.7 Å². The number of carbonyl (C=O) groups excluding carboxylic acids is 3. The van der Waals surface area contributed by atoms with E-state index in [1.807, 2.05) is 57.2 Å². The molecule has 0 aromatic heterocycles. The first kappa shape index (κ1) is 21.6. The monoisotopic (exact) mass is 411 g/mol. The summed E-state index contributed by atoms with van der Waals surface area (Å²) in [6.45, 7) is 7.60. The Morgan fingerprint density at radius 1 is 0.933 bits per heavy atom. The molecule has 0 radical (unpaired) electrons. The van der Waals surface area contributed by atoms with Crippen molar-refractivity contribution in [2.24, 2.45) is 0 Å². The van der Waals surface area contributed by atoms with Gasteiger partial charge >= 0.3 is 6.09 Å². The van der Waals surface area contributed by atoms with Crippen LogP contribution in [0, 0.1) is 0 Å². The summed E-state index contributed by atoms with van der Waals surface area (Å²) < 4.78 is 5.37. The lowest BCUT2D eigenvalue weighted by Gasteiger charge is -2.35. The Morgan fingerprint density at radius 2 is 1.57 bits per heavy atom. The van der Waals surface area contributed by atoms with Crippen LogP contribution in [0.1, 0.15) is 37.6 Å². The third-order valence-electron chi connectivity index (χ3n) is 4.92. The zero-order valence-electron chi connectivity index (χ0n) is 17.8. The second-order valence-corrected chi connectivity index (χ2v) is 8.42. The van der Waals surface area contributed by atoms with Gasteiger partial charge in [0, 0.05) is 44.7 Å². The average molecular weight is 412 g/mol. The minimum atomic E-state index is -0.534. The van der Waals surface area contributed by atoms with Gasteiger partial charge in [0.1, 0.15) is 5.60 Å². The Kier molecular flexibility index (Phi) is 6.59. The summed E-state index contributed by atoms with van der Waals surface area (Å²) in [5, 5.41) is 4.90. The van der Waals surface area contributed by atoms with Gasteiger partial charge in [0.2, 0.25) is 5.91 Å². The quantitative estimate of drug-likeness (QED) is 0.839. The summed E-state index contributed by atoms with van der Waals surface area (Å²) in [6, 6.07) is 13.4. The van der Waals surface area contributed by atoms with Crippen LogP contribution in [0.5, 0.6) is 0 Å². The van der Waals surface area contributed by atoms with E-state index in [4.69, 9.17) is 4.74 Å². The number of nitrogens with zero attached hydrogens (tertiary/aromatic N) is 2. The van der Waals surface area contributed by atoms with Crippen LogP contribution >= 0.6 is 0 Å². The number of hydrogen-bond donors (Lipinski definition) is 1. The first-order chi connectivity index (χ1) is 14.2. The predicted molar refractivity (Wildman–Crippen MR) is 115 cm³/mol. The lowest BCUT2D eigenvalue weighted by molar-refractivity contribution is -0.132. The van der Waals surface area contributed by atoms with E-state index >= 15 is 0 Å². The average Bonchev–Trinajstić information content (AvgIpc) is 2.72. The molecule has 0 spiro atoms. The lowest BCUT2D eigenvalue weighted by Crippen LogP contribution is -2.52. The summed E-state index contributed by atoms with van der Waals surface area (Å²) in [5.41, 5.74) is 0.0416. The van der Waals surface area contributed by atoms with E-state index in [1.54, 1.807) is 15.9 Å². The normalized spacial score (nSPS) is 14.5. The topological polar surface area (TPSA) is 79.0 Å². The number of amides is 3. The fraction of sp³-hybridized carbons (Fsp3) is 0.435. The molecular weight excluding hydrogens is 382 g/mol. The second-order valence-electron chi connectivity index (χ2n) is 8.42. The molecule has 2 aromatic rings. The molecule has 3 amide bonds. The van der Waals surface area contributed by atoms with Crippen molar-refractivity contribution < 1.29 is 19.1 Å². The smallest absolute Gasteiger partial charge is 0.410 e. The van der Waals surface area contributed by atoms with Crippen LogP contribution in [0.2, 0.25) is 0 Å². The van der Waals surface area contributed by atoms with Gasteiger partial charge < -0.3 is 19.9 Å². The van der Waals surface area contributed by atoms with Crippen molar-refractivity contribution in [1.82, 2.24) is 15.1 Å². The fourth-order valence-corrected chi connectivity index (χ4v) is 3.34. The van der Waals surface area contributed by atoms with Crippen molar-refractivity contribution in [2.45, 2.75) is 32.8 Å². The molecule has 1 aliphatic heterocycles. The maximum absolute atomic E-state index is 12.4. The molecule has 160 valence electrons. The van der Waals surface area contributed by atoms with Crippen molar-refractivity contribution in [1.29, 1.82) is 0 Å². The maximum Gasteiger partial charge on any atom is 0.410 e. The number of piperazine rings is 1. The van der Waals surface area contributed by atoms with Crippen LogP contribution in [0.3, 0.4) is 0 Å². The summed E-state index contributed by atoms with van der Waals surface area (Å²) in [7, 11) is 0. The van der Waals surface area contributed by atoms with Crippen LogP contribution in [0.15, 0.2) is 42.5 Å². The third-order valence-corrected chi connectivity index (χ3v) is 4.92. The number of nitrogens with one attached hydrogen (secondary N) is 1. The molecule has 0 unspecified atom stereocenters. The summed E-state index contributed by atoms with van der Waals surface area (Å²) in [5.74, 6) is -0.221. The molecule has 1 heterocycles. The molecule has 0 atom stereocenters. The highest BCUT2D eigenvalue weighted by Gasteiger charge is 2.27. The van der Waals surface area contributed by atoms with E-state index in [0.29, 0.717) is 31.7 Å². The Balaban J connectivity index is 1.42. The molecule has 1 aliphatic rings. The van der Waals surface area contributed by atoms with Gasteiger partial charge in [-0.25, -0.2) is 4.79 Å². The number of fused-ring (bicyclic) bond motifs is 1. The number of carbonyl (C=O) groups is 3. The molecule has 2 aromatic carbocycles. The lowest BCUT2D eigenvalue weighted by atomic mass is 10.1. The van der Waals surface area contributed by atoms with Crippen molar-refractivity contribution in [3.63, 3.8) is 0 Å². The maximum atomic E-state index is 12.4. The van der Waals surface area contributed by atoms with E-state index in [1.165, 1.54) is 0 Å². The van der Waals surface area contributed by atoms with Crippen LogP contribution < -0.4 is 5.32 Å². The zero-order chi connectivity index (χ0) is 21.7. The van der Waals surface area contributed by atoms with Crippen LogP contribution in [0.4, 0.5) is 4.79 Å². The van der Waals surface area contributed by atoms with Crippen LogP contribution in [-0.2, 0) is 9.53 Å². The van der Waals surface area contributed by atoms with Crippen molar-refractivity contribution >= 4 is 28.7 Å². The summed E-state index contributed by atoms with van der Waals surface area (Å²) >= 11 is 0. The first-order valence-electron chi connectivity index (χ1n) is 10.3. The Morgan fingerprint density at radius 3 is 2.23 bits per heavy atom. The number of ether oxygens (including phenoxy) is 1. The van der Waals surface area contributed by atoms with Crippen LogP contribution in [-0.4, -0.2) is 66.0 Å². The van der Waals surface area contributed by atoms with Gasteiger partial charge in [0.25, 0.3) is 5.91 Å². The van der Waals surface area contributed by atoms with Gasteiger partial charge in [0.15, 0.2) is 0 Å². The van der Waals surface area contributed by atoms with Crippen LogP contribution in [0.25, 0.3) is 10.8 Å². The van der Waals surface area contributed by atoms with Crippen molar-refractivity contribution in [3.8, 4) is 0 Å². The van der Waals surface area contributed by atoms with E-state index in [9.17, 15) is 14.4 Å². The molecule has 3 rings (SSSR count). The largest absolute Gasteiger partial charge is 0.444 e. The SMILES string of the molecule is CC(C)(C)OC(=O)N1CCN(C(=O)CCNC(=O)c2ccc3ccccc3c2)CC1. The minimum Gasteiger partial charge on any atom is -0.444 e. The third kappa shape index (κ3) is 5.72. The molecule has 1 N–H and O–H groups in total. The zero-order valence-corrected chi connectivity index (χ0v) is 17.8. The Bertz CT molecular complexity index is 927. The van der Waals surface area contributed by atoms with Gasteiger partial charge in [-0.3, -0.25) is 9.59 Å². The molecule has 0 bridgehead atoms. The standard InChI is InChI=1S/C23H29N3O4/c1-23(2,3)30-22(29)26-14-12-25(13-15-26)20(27)10-11-24-21(28)19-9-8-17-6-4-5-7-18(17)16-19/h4-9,16H,10-15H2,1-3H3,(H,24,28). The Labute approximate surface area is 177 Å². The second kappa shape index (κ2) is 9.15. The van der Waals surface area contributed by atoms with Gasteiger partial charge in [-0.15, -0.1) is 0 Å². The number of benzene rings is 2. The Hall–Kier alpha value is -3.09. The number of rotatable bonds is 4. The summed E-state index contributed by atoms with van der Waals surface area (Å²) in [4.78, 5) is 40.3. The molecule has 7 heteroatoms. The van der Waals surface area contributed by atoms with Crippen molar-refractivity contribution in [3.05, 3.63) is 48.0 Å². The molecular formula is C23H29N3O4.